The number of aromatic nitrogens is 1. The van der Waals surface area contributed by atoms with Crippen LogP contribution in [0.3, 0.4) is 0 Å². The fourth-order valence-electron chi connectivity index (χ4n) is 2.41. The predicted octanol–water partition coefficient (Wildman–Crippen LogP) is 1.85. The van der Waals surface area contributed by atoms with Crippen molar-refractivity contribution in [1.82, 2.24) is 10.3 Å². The number of hydrogen-bond donors (Lipinski definition) is 1. The van der Waals surface area contributed by atoms with Crippen LogP contribution in [0.2, 0.25) is 0 Å². The molecular formula is C17H17N3O4. The molecular weight excluding hydrogens is 310 g/mol. The summed E-state index contributed by atoms with van der Waals surface area (Å²) in [6.07, 6.45) is 2.28. The van der Waals surface area contributed by atoms with E-state index in [1.165, 1.54) is 4.90 Å². The van der Waals surface area contributed by atoms with E-state index in [2.05, 4.69) is 10.3 Å². The Kier molecular flexibility index (Phi) is 4.60. The highest BCUT2D eigenvalue weighted by atomic mass is 16.6. The molecule has 1 aliphatic heterocycles. The number of cyclic esters (lactones) is 1. The minimum absolute atomic E-state index is 0.226. The van der Waals surface area contributed by atoms with E-state index in [9.17, 15) is 9.59 Å². The number of amides is 2. The van der Waals surface area contributed by atoms with Gasteiger partial charge in [0.15, 0.2) is 0 Å². The summed E-state index contributed by atoms with van der Waals surface area (Å²) in [4.78, 5) is 29.4. The molecule has 0 bridgehead atoms. The highest BCUT2D eigenvalue weighted by Gasteiger charge is 2.32. The summed E-state index contributed by atoms with van der Waals surface area (Å²) in [5.74, 6) is 0.490. The van der Waals surface area contributed by atoms with Crippen LogP contribution in [-0.2, 0) is 4.74 Å². The van der Waals surface area contributed by atoms with Crippen LogP contribution in [0.15, 0.2) is 48.8 Å². The van der Waals surface area contributed by atoms with Gasteiger partial charge in [-0.15, -0.1) is 0 Å². The zero-order valence-corrected chi connectivity index (χ0v) is 13.1. The standard InChI is InChI=1S/C17H17N3O4/c1-23-14-4-2-13(3-5-14)20-11-15(24-17(20)22)10-19-16(21)12-6-8-18-9-7-12/h2-9,15H,10-11H2,1H3,(H,19,21). The molecule has 0 saturated carbocycles. The van der Waals surface area contributed by atoms with Gasteiger partial charge in [0.2, 0.25) is 0 Å². The molecule has 1 saturated heterocycles. The number of nitrogens with zero attached hydrogens (tertiary/aromatic N) is 2. The lowest BCUT2D eigenvalue weighted by Crippen LogP contribution is -2.34. The number of anilines is 1. The third-order valence-electron chi connectivity index (χ3n) is 3.69. The topological polar surface area (TPSA) is 80.8 Å². The molecule has 24 heavy (non-hydrogen) atoms. The van der Waals surface area contributed by atoms with Gasteiger partial charge in [-0.2, -0.15) is 0 Å². The molecule has 1 aromatic heterocycles. The second-order valence-corrected chi connectivity index (χ2v) is 5.26. The van der Waals surface area contributed by atoms with Gasteiger partial charge in [0.25, 0.3) is 5.91 Å². The van der Waals surface area contributed by atoms with Crippen LogP contribution < -0.4 is 15.0 Å². The van der Waals surface area contributed by atoms with Crippen molar-refractivity contribution in [2.24, 2.45) is 0 Å². The second-order valence-electron chi connectivity index (χ2n) is 5.26. The van der Waals surface area contributed by atoms with Gasteiger partial charge in [-0.25, -0.2) is 4.79 Å². The van der Waals surface area contributed by atoms with Crippen molar-refractivity contribution >= 4 is 17.7 Å². The SMILES string of the molecule is COc1ccc(N2CC(CNC(=O)c3ccncc3)OC2=O)cc1. The molecule has 1 aliphatic rings. The molecule has 3 rings (SSSR count). The first-order valence-corrected chi connectivity index (χ1v) is 7.48. The summed E-state index contributed by atoms with van der Waals surface area (Å²) in [6, 6.07) is 10.4. The zero-order valence-electron chi connectivity index (χ0n) is 13.1. The molecule has 124 valence electrons. The van der Waals surface area contributed by atoms with Crippen molar-refractivity contribution in [1.29, 1.82) is 0 Å². The first kappa shape index (κ1) is 15.8. The average molecular weight is 327 g/mol. The molecule has 2 amide bonds. The summed E-state index contributed by atoms with van der Waals surface area (Å²) in [5, 5.41) is 2.76. The number of pyridine rings is 1. The lowest BCUT2D eigenvalue weighted by molar-refractivity contribution is 0.0916. The Morgan fingerprint density at radius 1 is 1.29 bits per heavy atom. The van der Waals surface area contributed by atoms with Crippen LogP contribution in [0.1, 0.15) is 10.4 Å². The maximum atomic E-state index is 12.0. The number of hydrogen-bond acceptors (Lipinski definition) is 5. The van der Waals surface area contributed by atoms with Gasteiger partial charge < -0.3 is 14.8 Å². The van der Waals surface area contributed by atoms with E-state index >= 15 is 0 Å². The number of ether oxygens (including phenoxy) is 2. The number of nitrogens with one attached hydrogen (secondary N) is 1. The average Bonchev–Trinajstić information content (AvgIpc) is 3.01. The highest BCUT2D eigenvalue weighted by molar-refractivity contribution is 5.94. The normalized spacial score (nSPS) is 16.6. The molecule has 0 radical (unpaired) electrons. The van der Waals surface area contributed by atoms with Crippen LogP contribution in [0.5, 0.6) is 5.75 Å². The molecule has 1 aromatic carbocycles. The maximum Gasteiger partial charge on any atom is 0.414 e. The van der Waals surface area contributed by atoms with Crippen LogP contribution in [0.25, 0.3) is 0 Å². The van der Waals surface area contributed by atoms with Crippen molar-refractivity contribution in [3.05, 3.63) is 54.4 Å². The smallest absolute Gasteiger partial charge is 0.414 e. The fourth-order valence-corrected chi connectivity index (χ4v) is 2.41. The Bertz CT molecular complexity index is 718. The van der Waals surface area contributed by atoms with Crippen LogP contribution >= 0.6 is 0 Å². The Labute approximate surface area is 139 Å². The predicted molar refractivity (Wildman–Crippen MR) is 87.2 cm³/mol. The van der Waals surface area contributed by atoms with E-state index < -0.39 is 12.2 Å². The van der Waals surface area contributed by atoms with Crippen molar-refractivity contribution < 1.29 is 19.1 Å². The minimum Gasteiger partial charge on any atom is -0.497 e. The molecule has 2 heterocycles. The Morgan fingerprint density at radius 2 is 2.00 bits per heavy atom. The van der Waals surface area contributed by atoms with Gasteiger partial charge in [0, 0.05) is 23.6 Å². The summed E-state index contributed by atoms with van der Waals surface area (Å²) < 4.78 is 10.4. The Hall–Kier alpha value is -3.09. The molecule has 1 N–H and O–H groups in total. The van der Waals surface area contributed by atoms with Gasteiger partial charge >= 0.3 is 6.09 Å². The lowest BCUT2D eigenvalue weighted by atomic mass is 10.2. The van der Waals surface area contributed by atoms with Gasteiger partial charge in [-0.1, -0.05) is 0 Å². The minimum atomic E-state index is -0.427. The van der Waals surface area contributed by atoms with E-state index in [4.69, 9.17) is 9.47 Å². The quantitative estimate of drug-likeness (QED) is 0.906. The first-order chi connectivity index (χ1) is 11.7. The molecule has 7 heteroatoms. The first-order valence-electron chi connectivity index (χ1n) is 7.48. The Balaban J connectivity index is 1.57. The van der Waals surface area contributed by atoms with Gasteiger partial charge in [0.05, 0.1) is 20.2 Å². The van der Waals surface area contributed by atoms with E-state index in [-0.39, 0.29) is 12.5 Å². The Morgan fingerprint density at radius 3 is 2.67 bits per heavy atom. The van der Waals surface area contributed by atoms with Crippen molar-refractivity contribution in [2.45, 2.75) is 6.10 Å². The van der Waals surface area contributed by atoms with E-state index in [0.717, 1.165) is 5.69 Å². The third kappa shape index (κ3) is 3.45. The van der Waals surface area contributed by atoms with Crippen LogP contribution in [0, 0.1) is 0 Å². The summed E-state index contributed by atoms with van der Waals surface area (Å²) in [5.41, 5.74) is 1.24. The summed E-state index contributed by atoms with van der Waals surface area (Å²) in [7, 11) is 1.58. The largest absolute Gasteiger partial charge is 0.497 e. The number of carbonyl (C=O) groups excluding carboxylic acids is 2. The molecule has 0 aliphatic carbocycles. The molecule has 7 nitrogen and oxygen atoms in total. The summed E-state index contributed by atoms with van der Waals surface area (Å²) >= 11 is 0. The fraction of sp³-hybridized carbons (Fsp3) is 0.235. The van der Waals surface area contributed by atoms with E-state index in [1.807, 2.05) is 0 Å². The van der Waals surface area contributed by atoms with Crippen molar-refractivity contribution in [2.75, 3.05) is 25.1 Å². The lowest BCUT2D eigenvalue weighted by Gasteiger charge is -2.13. The van der Waals surface area contributed by atoms with Gasteiger partial charge in [0.1, 0.15) is 11.9 Å². The molecule has 0 spiro atoms. The molecule has 2 aromatic rings. The zero-order chi connectivity index (χ0) is 16.9. The molecule has 1 unspecified atom stereocenters. The highest BCUT2D eigenvalue weighted by Crippen LogP contribution is 2.23. The molecule has 1 fully saturated rings. The van der Waals surface area contributed by atoms with Crippen molar-refractivity contribution in [3.8, 4) is 5.75 Å². The number of methoxy groups -OCH3 is 1. The summed E-state index contributed by atoms with van der Waals surface area (Å²) in [6.45, 7) is 0.626. The number of carbonyl (C=O) groups is 2. The van der Waals surface area contributed by atoms with E-state index in [1.54, 1.807) is 55.9 Å². The van der Waals surface area contributed by atoms with Crippen molar-refractivity contribution in [3.63, 3.8) is 0 Å². The van der Waals surface area contributed by atoms with E-state index in [0.29, 0.717) is 17.9 Å². The number of benzene rings is 1. The third-order valence-corrected chi connectivity index (χ3v) is 3.69. The monoisotopic (exact) mass is 327 g/mol. The van der Waals surface area contributed by atoms with Crippen LogP contribution in [0.4, 0.5) is 10.5 Å². The second kappa shape index (κ2) is 6.99. The van der Waals surface area contributed by atoms with Gasteiger partial charge in [-0.3, -0.25) is 14.7 Å². The van der Waals surface area contributed by atoms with Crippen LogP contribution in [-0.4, -0.2) is 43.3 Å². The maximum absolute atomic E-state index is 12.0. The van der Waals surface area contributed by atoms with Gasteiger partial charge in [-0.05, 0) is 36.4 Å². The number of rotatable bonds is 5. The molecule has 1 atom stereocenters.